The van der Waals surface area contributed by atoms with Gasteiger partial charge in [0.25, 0.3) is 0 Å². The van der Waals surface area contributed by atoms with Gasteiger partial charge in [0.2, 0.25) is 0 Å². The summed E-state index contributed by atoms with van der Waals surface area (Å²) < 4.78 is 137. The highest BCUT2D eigenvalue weighted by Gasteiger charge is 2.78. The monoisotopic (exact) mass is 612 g/mol. The van der Waals surface area contributed by atoms with E-state index in [0.717, 1.165) is 18.2 Å². The summed E-state index contributed by atoms with van der Waals surface area (Å²) in [6.07, 6.45) is 0.154. The number of alkyl halides is 6. The number of carbonyl (C=O) groups is 2. The summed E-state index contributed by atoms with van der Waals surface area (Å²) in [4.78, 5) is 25.4. The van der Waals surface area contributed by atoms with Crippen LogP contribution in [-0.4, -0.2) is 80.0 Å². The molecule has 1 N–H and O–H groups in total. The second kappa shape index (κ2) is 12.1. The van der Waals surface area contributed by atoms with Crippen LogP contribution in [0.3, 0.4) is 0 Å². The fourth-order valence-electron chi connectivity index (χ4n) is 3.39. The first-order chi connectivity index (χ1) is 18.0. The van der Waals surface area contributed by atoms with Crippen molar-refractivity contribution in [2.45, 2.75) is 54.3 Å². The molecule has 220 valence electrons. The van der Waals surface area contributed by atoms with Gasteiger partial charge in [-0.15, -0.1) is 0 Å². The molecule has 39 heavy (non-hydrogen) atoms. The van der Waals surface area contributed by atoms with E-state index >= 15 is 0 Å². The van der Waals surface area contributed by atoms with Gasteiger partial charge in [0.15, 0.2) is 0 Å². The molecule has 2 heterocycles. The molecule has 1 aromatic rings. The van der Waals surface area contributed by atoms with Gasteiger partial charge >= 0.3 is 38.5 Å². The van der Waals surface area contributed by atoms with Crippen molar-refractivity contribution >= 4 is 34.1 Å². The Bertz CT molecular complexity index is 1100. The Kier molecular flexibility index (Phi) is 9.67. The zero-order chi connectivity index (χ0) is 29.1. The van der Waals surface area contributed by atoms with Gasteiger partial charge in [-0.1, -0.05) is 0 Å². The van der Waals surface area contributed by atoms with Crippen molar-refractivity contribution in [3.63, 3.8) is 0 Å². The summed E-state index contributed by atoms with van der Waals surface area (Å²) in [6.45, 7) is 1.16. The average molecular weight is 613 g/mol. The second-order valence-corrected chi connectivity index (χ2v) is 10.7. The first kappa shape index (κ1) is 31.3. The molecule has 10 nitrogen and oxygen atoms in total. The standard InChI is InChI=1S/C21H22F6O10S2/c22-19(23,21(26,27)39(30,31)32)20(24,25)38-37-16-10-12(17(28)35-14-1-5-33-6-2-14)9-13(11-16)18(29)36-15-3-7-34-8-4-15/h9-11,14-15H,1-8H2,(H,30,31,32). The summed E-state index contributed by atoms with van der Waals surface area (Å²) in [5.74, 6) is -9.60. The minimum Gasteiger partial charge on any atom is -0.459 e. The van der Waals surface area contributed by atoms with Crippen molar-refractivity contribution < 1.29 is 72.0 Å². The van der Waals surface area contributed by atoms with Crippen LogP contribution in [-0.2, 0) is 29.1 Å². The summed E-state index contributed by atoms with van der Waals surface area (Å²) in [7, 11) is -6.96. The van der Waals surface area contributed by atoms with E-state index < -0.39 is 79.6 Å². The second-order valence-electron chi connectivity index (χ2n) is 8.43. The number of hydrogen-bond donors (Lipinski definition) is 1. The van der Waals surface area contributed by atoms with Crippen LogP contribution >= 0.6 is 12.0 Å². The van der Waals surface area contributed by atoms with Gasteiger partial charge in [-0.2, -0.15) is 34.8 Å². The number of ether oxygens (including phenoxy) is 4. The highest BCUT2D eigenvalue weighted by molar-refractivity contribution is 7.96. The third-order valence-corrected chi connectivity index (χ3v) is 7.21. The molecule has 2 aliphatic rings. The molecule has 3 rings (SSSR count). The predicted molar refractivity (Wildman–Crippen MR) is 120 cm³/mol. The van der Waals surface area contributed by atoms with Crippen LogP contribution in [0.15, 0.2) is 18.2 Å². The molecule has 0 unspecified atom stereocenters. The molecule has 0 spiro atoms. The fraction of sp³-hybridized carbons (Fsp3) is 0.619. The minimum absolute atomic E-state index is 0.290. The van der Waals surface area contributed by atoms with Gasteiger partial charge in [0.05, 0.1) is 37.6 Å². The molecule has 0 bridgehead atoms. The highest BCUT2D eigenvalue weighted by atomic mass is 32.2. The van der Waals surface area contributed by atoms with E-state index in [-0.39, 0.29) is 26.4 Å². The molecule has 0 saturated carbocycles. The molecular formula is C21H22F6O10S2. The van der Waals surface area contributed by atoms with Crippen LogP contribution in [0, 0.1) is 0 Å². The zero-order valence-electron chi connectivity index (χ0n) is 19.7. The number of esters is 2. The van der Waals surface area contributed by atoms with E-state index in [0.29, 0.717) is 25.7 Å². The lowest BCUT2D eigenvalue weighted by Crippen LogP contribution is -2.56. The molecule has 2 aliphatic heterocycles. The maximum Gasteiger partial charge on any atom is 0.439 e. The summed E-state index contributed by atoms with van der Waals surface area (Å²) >= 11 is -1.58. The minimum atomic E-state index is -6.96. The van der Waals surface area contributed by atoms with Crippen molar-refractivity contribution in [1.82, 2.24) is 0 Å². The van der Waals surface area contributed by atoms with E-state index in [4.69, 9.17) is 23.5 Å². The Hall–Kier alpha value is -2.28. The quantitative estimate of drug-likeness (QED) is 0.177. The Balaban J connectivity index is 1.86. The van der Waals surface area contributed by atoms with Crippen molar-refractivity contribution in [3.8, 4) is 5.75 Å². The molecule has 2 fully saturated rings. The first-order valence-corrected chi connectivity index (χ1v) is 13.4. The van der Waals surface area contributed by atoms with Crippen molar-refractivity contribution in [3.05, 3.63) is 29.3 Å². The van der Waals surface area contributed by atoms with Gasteiger partial charge in [-0.25, -0.2) is 9.59 Å². The van der Waals surface area contributed by atoms with Crippen LogP contribution in [0.5, 0.6) is 5.75 Å². The van der Waals surface area contributed by atoms with Gasteiger partial charge in [-0.05, 0) is 18.2 Å². The van der Waals surface area contributed by atoms with E-state index in [1.165, 1.54) is 0 Å². The number of hydrogen-bond acceptors (Lipinski definition) is 10. The summed E-state index contributed by atoms with van der Waals surface area (Å²) in [5, 5.41) is -12.5. The smallest absolute Gasteiger partial charge is 0.439 e. The average Bonchev–Trinajstić information content (AvgIpc) is 2.87. The zero-order valence-corrected chi connectivity index (χ0v) is 21.4. The number of carbonyl (C=O) groups excluding carboxylic acids is 2. The maximum absolute atomic E-state index is 14.1. The molecule has 2 saturated heterocycles. The topological polar surface area (TPSA) is 135 Å². The third kappa shape index (κ3) is 7.27. The van der Waals surface area contributed by atoms with Crippen LogP contribution in [0.2, 0.25) is 0 Å². The van der Waals surface area contributed by atoms with Gasteiger partial charge in [0.1, 0.15) is 30.0 Å². The SMILES string of the molecule is O=C(OC1CCOCC1)c1cc(OSC(F)(F)C(F)(F)C(F)(F)S(=O)(=O)O)cc(C(=O)OC2CCOCC2)c1. The van der Waals surface area contributed by atoms with Crippen molar-refractivity contribution in [2.24, 2.45) is 0 Å². The van der Waals surface area contributed by atoms with Crippen LogP contribution in [0.1, 0.15) is 46.4 Å². The van der Waals surface area contributed by atoms with E-state index in [9.17, 15) is 44.3 Å². The van der Waals surface area contributed by atoms with Crippen LogP contribution in [0.4, 0.5) is 26.3 Å². The van der Waals surface area contributed by atoms with Crippen molar-refractivity contribution in [1.29, 1.82) is 0 Å². The molecule has 0 atom stereocenters. The van der Waals surface area contributed by atoms with Crippen molar-refractivity contribution in [2.75, 3.05) is 26.4 Å². The normalized spacial score (nSPS) is 18.4. The van der Waals surface area contributed by atoms with Crippen LogP contribution < -0.4 is 4.18 Å². The van der Waals surface area contributed by atoms with E-state index in [1.54, 1.807) is 0 Å². The molecule has 1 aromatic carbocycles. The molecule has 0 amide bonds. The highest BCUT2D eigenvalue weighted by Crippen LogP contribution is 2.53. The van der Waals surface area contributed by atoms with Gasteiger partial charge in [-0.3, -0.25) is 4.55 Å². The molecule has 18 heteroatoms. The lowest BCUT2D eigenvalue weighted by atomic mass is 10.1. The number of benzene rings is 1. The Morgan fingerprint density at radius 2 is 1.23 bits per heavy atom. The van der Waals surface area contributed by atoms with E-state index in [2.05, 4.69) is 4.18 Å². The Morgan fingerprint density at radius 3 is 1.62 bits per heavy atom. The van der Waals surface area contributed by atoms with Gasteiger partial charge in [0, 0.05) is 25.7 Å². The summed E-state index contributed by atoms with van der Waals surface area (Å²) in [5.41, 5.74) is -0.895. The fourth-order valence-corrected chi connectivity index (χ4v) is 4.44. The van der Waals surface area contributed by atoms with Crippen LogP contribution in [0.25, 0.3) is 0 Å². The number of halogens is 6. The maximum atomic E-state index is 14.1. The predicted octanol–water partition coefficient (Wildman–Crippen LogP) is 4.09. The largest absolute Gasteiger partial charge is 0.459 e. The molecule has 0 radical (unpaired) electrons. The van der Waals surface area contributed by atoms with Gasteiger partial charge < -0.3 is 23.1 Å². The first-order valence-electron chi connectivity index (χ1n) is 11.2. The van der Waals surface area contributed by atoms with E-state index in [1.807, 2.05) is 0 Å². The molecule has 0 aromatic heterocycles. The number of rotatable bonds is 10. The third-order valence-electron chi connectivity index (χ3n) is 5.56. The molecule has 0 aliphatic carbocycles. The Labute approximate surface area is 222 Å². The summed E-state index contributed by atoms with van der Waals surface area (Å²) in [6, 6.07) is 2.41. The lowest BCUT2D eigenvalue weighted by Gasteiger charge is -2.29. The Morgan fingerprint density at radius 1 is 0.821 bits per heavy atom. The molecular weight excluding hydrogens is 590 g/mol. The lowest BCUT2D eigenvalue weighted by molar-refractivity contribution is -0.243.